The van der Waals surface area contributed by atoms with Gasteiger partial charge in [-0.05, 0) is 31.9 Å². The lowest BCUT2D eigenvalue weighted by Crippen LogP contribution is -2.33. The summed E-state index contributed by atoms with van der Waals surface area (Å²) in [7, 11) is 0. The first-order valence-electron chi connectivity index (χ1n) is 7.20. The number of hydrogen-bond acceptors (Lipinski definition) is 4. The van der Waals surface area contributed by atoms with Crippen LogP contribution in [0, 0.1) is 5.92 Å². The van der Waals surface area contributed by atoms with Crippen molar-refractivity contribution in [1.29, 1.82) is 0 Å². The minimum Gasteiger partial charge on any atom is -0.465 e. The highest BCUT2D eigenvalue weighted by atomic mass is 16.6. The van der Waals surface area contributed by atoms with Crippen molar-refractivity contribution in [3.05, 3.63) is 41.0 Å². The quantitative estimate of drug-likeness (QED) is 0.617. The van der Waals surface area contributed by atoms with Gasteiger partial charge in [-0.2, -0.15) is 0 Å². The number of fused-ring (bicyclic) bond motifs is 1. The highest BCUT2D eigenvalue weighted by Crippen LogP contribution is 2.41. The lowest BCUT2D eigenvalue weighted by molar-refractivity contribution is -0.162. The molecule has 0 fully saturated rings. The Morgan fingerprint density at radius 2 is 1.67 bits per heavy atom. The summed E-state index contributed by atoms with van der Waals surface area (Å²) in [4.78, 5) is 24.5. The highest BCUT2D eigenvalue weighted by Gasteiger charge is 2.41. The van der Waals surface area contributed by atoms with Gasteiger partial charge in [0.2, 0.25) is 0 Å². The monoisotopic (exact) mass is 288 g/mol. The lowest BCUT2D eigenvalue weighted by Gasteiger charge is -2.22. The molecule has 2 rings (SSSR count). The van der Waals surface area contributed by atoms with Crippen molar-refractivity contribution in [3.63, 3.8) is 0 Å². The van der Waals surface area contributed by atoms with Crippen LogP contribution in [-0.2, 0) is 19.1 Å². The summed E-state index contributed by atoms with van der Waals surface area (Å²) < 4.78 is 10.2. The average Bonchev–Trinajstić information content (AvgIpc) is 2.77. The molecule has 1 unspecified atom stereocenters. The van der Waals surface area contributed by atoms with Crippen LogP contribution >= 0.6 is 0 Å². The molecule has 0 saturated carbocycles. The van der Waals surface area contributed by atoms with E-state index in [9.17, 15) is 9.59 Å². The lowest BCUT2D eigenvalue weighted by atomic mass is 9.84. The number of carbonyl (C=O) groups is 2. The van der Waals surface area contributed by atoms with Crippen LogP contribution in [0.4, 0.5) is 0 Å². The van der Waals surface area contributed by atoms with Crippen LogP contribution in [0.1, 0.15) is 37.8 Å². The molecule has 0 N–H and O–H groups in total. The Kier molecular flexibility index (Phi) is 4.78. The number of benzene rings is 1. The molecule has 21 heavy (non-hydrogen) atoms. The van der Waals surface area contributed by atoms with Gasteiger partial charge < -0.3 is 9.47 Å². The van der Waals surface area contributed by atoms with Gasteiger partial charge in [-0.3, -0.25) is 9.59 Å². The van der Waals surface area contributed by atoms with Crippen molar-refractivity contribution in [3.8, 4) is 0 Å². The minimum atomic E-state index is -0.940. The van der Waals surface area contributed by atoms with Crippen LogP contribution in [0.5, 0.6) is 0 Å². The van der Waals surface area contributed by atoms with E-state index in [1.54, 1.807) is 13.8 Å². The molecule has 0 spiro atoms. The Labute approximate surface area is 124 Å². The van der Waals surface area contributed by atoms with Crippen LogP contribution in [0.3, 0.4) is 0 Å². The van der Waals surface area contributed by atoms with Crippen molar-refractivity contribution in [1.82, 2.24) is 0 Å². The van der Waals surface area contributed by atoms with Crippen LogP contribution in [0.2, 0.25) is 0 Å². The average molecular weight is 288 g/mol. The van der Waals surface area contributed by atoms with E-state index in [4.69, 9.17) is 9.47 Å². The molecule has 4 heteroatoms. The molecular weight excluding hydrogens is 268 g/mol. The Hall–Kier alpha value is -2.10. The van der Waals surface area contributed by atoms with E-state index in [2.05, 4.69) is 0 Å². The minimum absolute atomic E-state index is 0.242. The maximum atomic E-state index is 12.3. The molecule has 0 radical (unpaired) electrons. The van der Waals surface area contributed by atoms with E-state index >= 15 is 0 Å². The van der Waals surface area contributed by atoms with Gasteiger partial charge >= 0.3 is 11.9 Å². The van der Waals surface area contributed by atoms with Crippen molar-refractivity contribution in [2.75, 3.05) is 13.2 Å². The van der Waals surface area contributed by atoms with E-state index in [0.29, 0.717) is 0 Å². The number of ether oxygens (including phenoxy) is 2. The first-order chi connectivity index (χ1) is 10.1. The fourth-order valence-corrected chi connectivity index (χ4v) is 2.78. The Morgan fingerprint density at radius 3 is 2.24 bits per heavy atom. The predicted octanol–water partition coefficient (Wildman–Crippen LogP) is 2.93. The van der Waals surface area contributed by atoms with E-state index in [0.717, 1.165) is 16.7 Å². The van der Waals surface area contributed by atoms with Gasteiger partial charge in [0.15, 0.2) is 5.92 Å². The summed E-state index contributed by atoms with van der Waals surface area (Å²) in [6.07, 6.45) is 2.01. The number of hydrogen-bond donors (Lipinski definition) is 0. The molecule has 112 valence electrons. The van der Waals surface area contributed by atoms with Crippen LogP contribution in [0.25, 0.3) is 6.08 Å². The van der Waals surface area contributed by atoms with E-state index in [1.807, 2.05) is 37.3 Å². The Morgan fingerprint density at radius 1 is 1.10 bits per heavy atom. The maximum Gasteiger partial charge on any atom is 0.321 e. The van der Waals surface area contributed by atoms with Gasteiger partial charge in [0, 0.05) is 5.92 Å². The Bertz CT molecular complexity index is 556. The van der Waals surface area contributed by atoms with Gasteiger partial charge in [-0.25, -0.2) is 0 Å². The Balaban J connectivity index is 2.39. The molecule has 0 aliphatic heterocycles. The van der Waals surface area contributed by atoms with Gasteiger partial charge in [0.25, 0.3) is 0 Å². The van der Waals surface area contributed by atoms with Gasteiger partial charge in [0.1, 0.15) is 0 Å². The molecule has 0 bridgehead atoms. The summed E-state index contributed by atoms with van der Waals surface area (Å²) in [5, 5.41) is 0. The molecule has 1 aliphatic rings. The van der Waals surface area contributed by atoms with Crippen molar-refractivity contribution >= 4 is 18.0 Å². The van der Waals surface area contributed by atoms with Crippen LogP contribution < -0.4 is 0 Å². The summed E-state index contributed by atoms with van der Waals surface area (Å²) >= 11 is 0. The molecule has 1 aromatic rings. The van der Waals surface area contributed by atoms with Gasteiger partial charge in [-0.15, -0.1) is 0 Å². The molecule has 0 amide bonds. The van der Waals surface area contributed by atoms with E-state index in [1.165, 1.54) is 0 Å². The third-order valence-corrected chi connectivity index (χ3v) is 3.62. The zero-order valence-electron chi connectivity index (χ0n) is 12.6. The number of allylic oxidation sites excluding steroid dienone is 1. The first kappa shape index (κ1) is 15.3. The third-order valence-electron chi connectivity index (χ3n) is 3.62. The SMILES string of the molecule is CCOC(=O)C(C(=O)OCC)C1C(C)=Cc2ccccc21. The summed E-state index contributed by atoms with van der Waals surface area (Å²) in [6.45, 7) is 5.87. The van der Waals surface area contributed by atoms with Gasteiger partial charge in [0.05, 0.1) is 13.2 Å². The van der Waals surface area contributed by atoms with Crippen molar-refractivity contribution in [2.45, 2.75) is 26.7 Å². The second kappa shape index (κ2) is 6.57. The molecule has 1 atom stereocenters. The third kappa shape index (κ3) is 2.99. The predicted molar refractivity (Wildman–Crippen MR) is 79.6 cm³/mol. The molecule has 1 aliphatic carbocycles. The van der Waals surface area contributed by atoms with Crippen molar-refractivity contribution < 1.29 is 19.1 Å². The standard InChI is InChI=1S/C17H20O4/c1-4-20-16(18)15(17(19)21-5-2)14-11(3)10-12-8-6-7-9-13(12)14/h6-10,14-15H,4-5H2,1-3H3. The van der Waals surface area contributed by atoms with Crippen LogP contribution in [0.15, 0.2) is 29.8 Å². The highest BCUT2D eigenvalue weighted by molar-refractivity contribution is 5.97. The second-order valence-electron chi connectivity index (χ2n) is 4.98. The van der Waals surface area contributed by atoms with Gasteiger partial charge in [-0.1, -0.05) is 35.9 Å². The van der Waals surface area contributed by atoms with Crippen molar-refractivity contribution in [2.24, 2.45) is 5.92 Å². The molecular formula is C17H20O4. The summed E-state index contributed by atoms with van der Waals surface area (Å²) in [5.41, 5.74) is 2.99. The first-order valence-corrected chi connectivity index (χ1v) is 7.20. The smallest absolute Gasteiger partial charge is 0.321 e. The van der Waals surface area contributed by atoms with Crippen LogP contribution in [-0.4, -0.2) is 25.2 Å². The zero-order chi connectivity index (χ0) is 15.4. The largest absolute Gasteiger partial charge is 0.465 e. The number of carbonyl (C=O) groups excluding carboxylic acids is 2. The molecule has 0 aromatic heterocycles. The normalized spacial score (nSPS) is 16.4. The fourth-order valence-electron chi connectivity index (χ4n) is 2.78. The second-order valence-corrected chi connectivity index (χ2v) is 4.98. The summed E-state index contributed by atoms with van der Waals surface area (Å²) in [6, 6.07) is 7.77. The fraction of sp³-hybridized carbons (Fsp3) is 0.412. The molecule has 4 nitrogen and oxygen atoms in total. The molecule has 0 saturated heterocycles. The number of rotatable bonds is 5. The topological polar surface area (TPSA) is 52.6 Å². The van der Waals surface area contributed by atoms with E-state index < -0.39 is 17.9 Å². The zero-order valence-corrected chi connectivity index (χ0v) is 12.6. The maximum absolute atomic E-state index is 12.3. The number of esters is 2. The molecule has 1 aromatic carbocycles. The molecule has 0 heterocycles. The summed E-state index contributed by atoms with van der Waals surface area (Å²) in [5.74, 6) is -2.29. The van der Waals surface area contributed by atoms with E-state index in [-0.39, 0.29) is 19.1 Å².